The molecule has 0 fully saturated rings. The van der Waals surface area contributed by atoms with Gasteiger partial charge >= 0.3 is 6.18 Å². The third kappa shape index (κ3) is 3.84. The average Bonchev–Trinajstić information content (AvgIpc) is 2.50. The highest BCUT2D eigenvalue weighted by Gasteiger charge is 2.31. The van der Waals surface area contributed by atoms with Gasteiger partial charge in [-0.05, 0) is 6.42 Å². The van der Waals surface area contributed by atoms with Gasteiger partial charge in [0.2, 0.25) is 5.89 Å². The molecule has 0 aromatic carbocycles. The van der Waals surface area contributed by atoms with Crippen molar-refractivity contribution in [1.29, 1.82) is 0 Å². The van der Waals surface area contributed by atoms with Gasteiger partial charge < -0.3 is 15.4 Å². The van der Waals surface area contributed by atoms with Gasteiger partial charge in [-0.15, -0.1) is 0 Å². The van der Waals surface area contributed by atoms with Crippen LogP contribution >= 0.6 is 0 Å². The summed E-state index contributed by atoms with van der Waals surface area (Å²) in [6.07, 6.45) is -5.46. The molecule has 0 aliphatic rings. The summed E-state index contributed by atoms with van der Waals surface area (Å²) in [6.45, 7) is -0.196. The molecule has 0 spiro atoms. The third-order valence-corrected chi connectivity index (χ3v) is 1.60. The van der Waals surface area contributed by atoms with Crippen molar-refractivity contribution < 1.29 is 22.8 Å². The van der Waals surface area contributed by atoms with Gasteiger partial charge in [-0.25, -0.2) is 0 Å². The van der Waals surface area contributed by atoms with E-state index in [1.54, 1.807) is 0 Å². The monoisotopic (exact) mass is 225 g/mol. The summed E-state index contributed by atoms with van der Waals surface area (Å²) in [5.41, 5.74) is 5.45. The van der Waals surface area contributed by atoms with Crippen LogP contribution in [0.25, 0.3) is 0 Å². The molecule has 0 bridgehead atoms. The average molecular weight is 225 g/mol. The van der Waals surface area contributed by atoms with E-state index in [2.05, 4.69) is 14.7 Å². The number of halogens is 3. The quantitative estimate of drug-likeness (QED) is 0.781. The largest absolute Gasteiger partial charge is 0.396 e. The second-order valence-corrected chi connectivity index (χ2v) is 2.96. The van der Waals surface area contributed by atoms with Crippen molar-refractivity contribution >= 4 is 0 Å². The van der Waals surface area contributed by atoms with E-state index in [0.717, 1.165) is 0 Å². The van der Waals surface area contributed by atoms with Crippen LogP contribution in [-0.4, -0.2) is 28.0 Å². The molecule has 1 aromatic rings. The number of aromatic nitrogens is 2. The molecule has 0 aliphatic carbocycles. The Morgan fingerprint density at radius 1 is 1.47 bits per heavy atom. The second kappa shape index (κ2) is 4.58. The van der Waals surface area contributed by atoms with Gasteiger partial charge in [0.1, 0.15) is 6.42 Å². The highest BCUT2D eigenvalue weighted by Crippen LogP contribution is 2.20. The molecule has 0 saturated heterocycles. The SMILES string of the molecule is NC(CCO)c1nc(CC(F)(F)F)no1. The number of aliphatic hydroxyl groups is 1. The number of nitrogens with zero attached hydrogens (tertiary/aromatic N) is 2. The molecule has 0 amide bonds. The summed E-state index contributed by atoms with van der Waals surface area (Å²) in [7, 11) is 0. The predicted octanol–water partition coefficient (Wildman–Crippen LogP) is 0.557. The molecule has 1 atom stereocenters. The normalized spacial score (nSPS) is 14.2. The van der Waals surface area contributed by atoms with Gasteiger partial charge in [-0.2, -0.15) is 18.2 Å². The fraction of sp³-hybridized carbons (Fsp3) is 0.714. The van der Waals surface area contributed by atoms with E-state index >= 15 is 0 Å². The van der Waals surface area contributed by atoms with E-state index in [-0.39, 0.29) is 18.9 Å². The van der Waals surface area contributed by atoms with Gasteiger partial charge in [0.15, 0.2) is 5.82 Å². The summed E-state index contributed by atoms with van der Waals surface area (Å²) < 4.78 is 40.2. The van der Waals surface area contributed by atoms with Gasteiger partial charge in [-0.1, -0.05) is 5.16 Å². The number of rotatable bonds is 4. The summed E-state index contributed by atoms with van der Waals surface area (Å²) in [5.74, 6) is -0.547. The number of hydrogen-bond donors (Lipinski definition) is 2. The minimum Gasteiger partial charge on any atom is -0.396 e. The Kier molecular flexibility index (Phi) is 3.64. The summed E-state index contributed by atoms with van der Waals surface area (Å²) >= 11 is 0. The number of alkyl halides is 3. The van der Waals surface area contributed by atoms with Gasteiger partial charge in [-0.3, -0.25) is 0 Å². The maximum atomic E-state index is 11.9. The molecule has 1 rings (SSSR count). The fourth-order valence-electron chi connectivity index (χ4n) is 0.932. The molecule has 15 heavy (non-hydrogen) atoms. The Morgan fingerprint density at radius 2 is 2.13 bits per heavy atom. The van der Waals surface area contributed by atoms with E-state index in [1.165, 1.54) is 0 Å². The topological polar surface area (TPSA) is 85.2 Å². The first-order valence-corrected chi connectivity index (χ1v) is 4.18. The zero-order valence-electron chi connectivity index (χ0n) is 7.66. The molecular formula is C7H10F3N3O2. The highest BCUT2D eigenvalue weighted by molar-refractivity contribution is 4.93. The maximum Gasteiger partial charge on any atom is 0.396 e. The molecule has 1 heterocycles. The number of nitrogens with two attached hydrogens (primary N) is 1. The Morgan fingerprint density at radius 3 is 2.67 bits per heavy atom. The molecule has 0 saturated carbocycles. The van der Waals surface area contributed by atoms with Crippen LogP contribution in [-0.2, 0) is 6.42 Å². The first-order valence-electron chi connectivity index (χ1n) is 4.18. The molecule has 5 nitrogen and oxygen atoms in total. The molecule has 8 heteroatoms. The van der Waals surface area contributed by atoms with E-state index < -0.39 is 24.5 Å². The molecule has 3 N–H and O–H groups in total. The van der Waals surface area contributed by atoms with Crippen LogP contribution in [0, 0.1) is 0 Å². The summed E-state index contributed by atoms with van der Waals surface area (Å²) in [4.78, 5) is 3.48. The standard InChI is InChI=1S/C7H10F3N3O2/c8-7(9,10)3-5-12-6(15-13-5)4(11)1-2-14/h4,14H,1-3,11H2. The Balaban J connectivity index is 2.64. The lowest BCUT2D eigenvalue weighted by molar-refractivity contribution is -0.128. The molecule has 86 valence electrons. The second-order valence-electron chi connectivity index (χ2n) is 2.96. The first-order chi connectivity index (χ1) is 6.92. The van der Waals surface area contributed by atoms with Crippen molar-refractivity contribution in [2.45, 2.75) is 25.1 Å². The molecule has 1 unspecified atom stereocenters. The van der Waals surface area contributed by atoms with E-state index in [4.69, 9.17) is 10.8 Å². The number of hydrogen-bond acceptors (Lipinski definition) is 5. The van der Waals surface area contributed by atoms with Gasteiger partial charge in [0.25, 0.3) is 0 Å². The Bertz CT molecular complexity index is 313. The smallest absolute Gasteiger partial charge is 0.396 e. The lowest BCUT2D eigenvalue weighted by Gasteiger charge is -2.02. The van der Waals surface area contributed by atoms with E-state index in [0.29, 0.717) is 0 Å². The lowest BCUT2D eigenvalue weighted by atomic mass is 10.2. The fourth-order valence-corrected chi connectivity index (χ4v) is 0.932. The van der Waals surface area contributed by atoms with Crippen LogP contribution in [0.4, 0.5) is 13.2 Å². The van der Waals surface area contributed by atoms with Crippen LogP contribution in [0.5, 0.6) is 0 Å². The van der Waals surface area contributed by atoms with Crippen LogP contribution in [0.2, 0.25) is 0 Å². The van der Waals surface area contributed by atoms with Crippen LogP contribution in [0.1, 0.15) is 24.2 Å². The molecule has 0 radical (unpaired) electrons. The summed E-state index contributed by atoms with van der Waals surface area (Å²) in [5, 5.41) is 11.7. The van der Waals surface area contributed by atoms with Crippen LogP contribution in [0.3, 0.4) is 0 Å². The minimum atomic E-state index is -4.37. The Labute approximate surface area is 83.1 Å². The highest BCUT2D eigenvalue weighted by atomic mass is 19.4. The van der Waals surface area contributed by atoms with Crippen molar-refractivity contribution in [2.24, 2.45) is 5.73 Å². The predicted molar refractivity (Wildman–Crippen MR) is 42.7 cm³/mol. The van der Waals surface area contributed by atoms with Crippen LogP contribution in [0.15, 0.2) is 4.52 Å². The van der Waals surface area contributed by atoms with Crippen molar-refractivity contribution in [3.05, 3.63) is 11.7 Å². The maximum absolute atomic E-state index is 11.9. The number of aliphatic hydroxyl groups excluding tert-OH is 1. The summed E-state index contributed by atoms with van der Waals surface area (Å²) in [6, 6.07) is -0.732. The van der Waals surface area contributed by atoms with E-state index in [9.17, 15) is 13.2 Å². The van der Waals surface area contributed by atoms with Crippen molar-refractivity contribution in [1.82, 2.24) is 10.1 Å². The van der Waals surface area contributed by atoms with Gasteiger partial charge in [0.05, 0.1) is 6.04 Å². The Hall–Kier alpha value is -1.15. The van der Waals surface area contributed by atoms with E-state index in [1.807, 2.05) is 0 Å². The van der Waals surface area contributed by atoms with Crippen molar-refractivity contribution in [3.8, 4) is 0 Å². The zero-order chi connectivity index (χ0) is 11.5. The molecule has 0 aliphatic heterocycles. The third-order valence-electron chi connectivity index (χ3n) is 1.60. The molecule has 1 aromatic heterocycles. The van der Waals surface area contributed by atoms with Gasteiger partial charge in [0, 0.05) is 6.61 Å². The first kappa shape index (κ1) is 11.9. The van der Waals surface area contributed by atoms with Crippen molar-refractivity contribution in [3.63, 3.8) is 0 Å². The molecular weight excluding hydrogens is 215 g/mol. The zero-order valence-corrected chi connectivity index (χ0v) is 7.66. The minimum absolute atomic E-state index is 0.0942. The lowest BCUT2D eigenvalue weighted by Crippen LogP contribution is -2.14. The van der Waals surface area contributed by atoms with Crippen molar-refractivity contribution in [2.75, 3.05) is 6.61 Å². The van der Waals surface area contributed by atoms with Crippen LogP contribution < -0.4 is 5.73 Å².